The zero-order chi connectivity index (χ0) is 15.2. The molecule has 2 rings (SSSR count). The van der Waals surface area contributed by atoms with Crippen LogP contribution in [0.1, 0.15) is 31.9 Å². The molecule has 0 fully saturated rings. The maximum absolute atomic E-state index is 13.1. The van der Waals surface area contributed by atoms with E-state index in [0.29, 0.717) is 12.5 Å². The Balaban J connectivity index is 2.35. The number of hydrogen-bond acceptors (Lipinski definition) is 4. The van der Waals surface area contributed by atoms with Crippen molar-refractivity contribution in [3.8, 4) is 0 Å². The summed E-state index contributed by atoms with van der Waals surface area (Å²) >= 11 is 0. The molecule has 0 aliphatic carbocycles. The van der Waals surface area contributed by atoms with Crippen molar-refractivity contribution in [3.05, 3.63) is 48.2 Å². The molecule has 0 bridgehead atoms. The summed E-state index contributed by atoms with van der Waals surface area (Å²) < 4.78 is 13.1. The molecule has 1 heterocycles. The molecule has 0 aliphatic heterocycles. The molecule has 0 saturated heterocycles. The van der Waals surface area contributed by atoms with Crippen LogP contribution in [0.4, 0.5) is 15.9 Å². The van der Waals surface area contributed by atoms with Crippen LogP contribution in [0.15, 0.2) is 36.7 Å². The van der Waals surface area contributed by atoms with Gasteiger partial charge in [-0.3, -0.25) is 0 Å². The molecule has 21 heavy (non-hydrogen) atoms. The van der Waals surface area contributed by atoms with Crippen molar-refractivity contribution < 1.29 is 4.39 Å². The molecule has 112 valence electrons. The van der Waals surface area contributed by atoms with Crippen LogP contribution < -0.4 is 10.6 Å². The lowest BCUT2D eigenvalue weighted by Crippen LogP contribution is -2.22. The number of halogens is 1. The highest BCUT2D eigenvalue weighted by Crippen LogP contribution is 2.25. The van der Waals surface area contributed by atoms with Crippen molar-refractivity contribution in [2.75, 3.05) is 18.0 Å². The van der Waals surface area contributed by atoms with Gasteiger partial charge in [-0.2, -0.15) is 0 Å². The SMILES string of the molecule is CC(C)c1cc(N(CCCN)c2ccc(F)cc2)ncn1. The van der Waals surface area contributed by atoms with E-state index in [-0.39, 0.29) is 5.82 Å². The van der Waals surface area contributed by atoms with Gasteiger partial charge in [0.05, 0.1) is 0 Å². The predicted molar refractivity (Wildman–Crippen MR) is 83.2 cm³/mol. The minimum atomic E-state index is -0.247. The molecule has 5 heteroatoms. The van der Waals surface area contributed by atoms with E-state index in [9.17, 15) is 4.39 Å². The van der Waals surface area contributed by atoms with Gasteiger partial charge in [-0.1, -0.05) is 13.8 Å². The largest absolute Gasteiger partial charge is 0.330 e. The summed E-state index contributed by atoms with van der Waals surface area (Å²) in [5, 5.41) is 0. The van der Waals surface area contributed by atoms with Crippen LogP contribution in [-0.2, 0) is 0 Å². The quantitative estimate of drug-likeness (QED) is 0.886. The summed E-state index contributed by atoms with van der Waals surface area (Å²) in [5.74, 6) is 0.896. The Morgan fingerprint density at radius 2 is 1.90 bits per heavy atom. The van der Waals surface area contributed by atoms with E-state index in [1.807, 2.05) is 11.0 Å². The number of benzene rings is 1. The first-order valence-electron chi connectivity index (χ1n) is 7.17. The number of nitrogens with two attached hydrogens (primary N) is 1. The topological polar surface area (TPSA) is 55.0 Å². The van der Waals surface area contributed by atoms with E-state index in [1.165, 1.54) is 12.1 Å². The molecule has 4 nitrogen and oxygen atoms in total. The lowest BCUT2D eigenvalue weighted by molar-refractivity contribution is 0.627. The van der Waals surface area contributed by atoms with E-state index < -0.39 is 0 Å². The molecule has 2 aromatic rings. The molecular weight excluding hydrogens is 267 g/mol. The van der Waals surface area contributed by atoms with Crippen molar-refractivity contribution >= 4 is 11.5 Å². The average Bonchev–Trinajstić information content (AvgIpc) is 2.49. The van der Waals surface area contributed by atoms with E-state index in [1.54, 1.807) is 18.5 Å². The molecule has 0 spiro atoms. The molecule has 1 aromatic heterocycles. The van der Waals surface area contributed by atoms with Crippen LogP contribution in [0.25, 0.3) is 0 Å². The number of aromatic nitrogens is 2. The van der Waals surface area contributed by atoms with Gasteiger partial charge in [-0.15, -0.1) is 0 Å². The van der Waals surface area contributed by atoms with Gasteiger partial charge in [0.15, 0.2) is 0 Å². The molecule has 0 radical (unpaired) electrons. The van der Waals surface area contributed by atoms with Crippen LogP contribution in [0.5, 0.6) is 0 Å². The summed E-state index contributed by atoms with van der Waals surface area (Å²) in [5.41, 5.74) is 7.50. The van der Waals surface area contributed by atoms with Gasteiger partial charge in [0, 0.05) is 24.0 Å². The zero-order valence-corrected chi connectivity index (χ0v) is 12.5. The molecule has 0 unspecified atom stereocenters. The van der Waals surface area contributed by atoms with Gasteiger partial charge in [0.2, 0.25) is 0 Å². The van der Waals surface area contributed by atoms with Crippen molar-refractivity contribution in [2.45, 2.75) is 26.2 Å². The summed E-state index contributed by atoms with van der Waals surface area (Å²) in [6.07, 6.45) is 2.40. The molecule has 0 saturated carbocycles. The first kappa shape index (κ1) is 15.4. The molecule has 0 amide bonds. The monoisotopic (exact) mass is 288 g/mol. The fourth-order valence-corrected chi connectivity index (χ4v) is 2.07. The fraction of sp³-hybridized carbons (Fsp3) is 0.375. The lowest BCUT2D eigenvalue weighted by atomic mass is 10.1. The minimum absolute atomic E-state index is 0.247. The van der Waals surface area contributed by atoms with Crippen LogP contribution >= 0.6 is 0 Å². The Hall–Kier alpha value is -2.01. The second-order valence-corrected chi connectivity index (χ2v) is 5.23. The molecule has 0 aliphatic rings. The Bertz CT molecular complexity index is 569. The minimum Gasteiger partial charge on any atom is -0.330 e. The summed E-state index contributed by atoms with van der Waals surface area (Å²) in [6, 6.07) is 8.39. The first-order chi connectivity index (χ1) is 10.1. The normalized spacial score (nSPS) is 10.9. The smallest absolute Gasteiger partial charge is 0.136 e. The number of nitrogens with zero attached hydrogens (tertiary/aromatic N) is 3. The molecule has 0 atom stereocenters. The second kappa shape index (κ2) is 7.13. The van der Waals surface area contributed by atoms with Crippen molar-refractivity contribution in [2.24, 2.45) is 5.73 Å². The fourth-order valence-electron chi connectivity index (χ4n) is 2.07. The average molecular weight is 288 g/mol. The van der Waals surface area contributed by atoms with Crippen LogP contribution in [0.3, 0.4) is 0 Å². The molecular formula is C16H21FN4. The standard InChI is InChI=1S/C16H21FN4/c1-12(2)15-10-16(20-11-19-15)21(9-3-8-18)14-6-4-13(17)5-7-14/h4-7,10-12H,3,8-9,18H2,1-2H3. The summed E-state index contributed by atoms with van der Waals surface area (Å²) in [6.45, 7) is 5.51. The van der Waals surface area contributed by atoms with E-state index in [0.717, 1.165) is 30.2 Å². The number of rotatable bonds is 6. The van der Waals surface area contributed by atoms with E-state index >= 15 is 0 Å². The van der Waals surface area contributed by atoms with Gasteiger partial charge < -0.3 is 10.6 Å². The Morgan fingerprint density at radius 3 is 2.52 bits per heavy atom. The maximum Gasteiger partial charge on any atom is 0.136 e. The van der Waals surface area contributed by atoms with Gasteiger partial charge >= 0.3 is 0 Å². The predicted octanol–water partition coefficient (Wildman–Crippen LogP) is 3.23. The first-order valence-corrected chi connectivity index (χ1v) is 7.17. The van der Waals surface area contributed by atoms with Crippen molar-refractivity contribution in [1.82, 2.24) is 9.97 Å². The van der Waals surface area contributed by atoms with Gasteiger partial charge in [0.1, 0.15) is 18.0 Å². The zero-order valence-electron chi connectivity index (χ0n) is 12.5. The Labute approximate surface area is 124 Å². The highest BCUT2D eigenvalue weighted by atomic mass is 19.1. The lowest BCUT2D eigenvalue weighted by Gasteiger charge is -2.24. The van der Waals surface area contributed by atoms with Crippen molar-refractivity contribution in [3.63, 3.8) is 0 Å². The molecule has 1 aromatic carbocycles. The number of hydrogen-bond donors (Lipinski definition) is 1. The Morgan fingerprint density at radius 1 is 1.19 bits per heavy atom. The summed E-state index contributed by atoms with van der Waals surface area (Å²) in [4.78, 5) is 10.7. The van der Waals surface area contributed by atoms with Crippen LogP contribution in [0.2, 0.25) is 0 Å². The van der Waals surface area contributed by atoms with Gasteiger partial charge in [-0.05, 0) is 43.1 Å². The highest BCUT2D eigenvalue weighted by molar-refractivity contribution is 5.59. The third-order valence-electron chi connectivity index (χ3n) is 3.27. The third-order valence-corrected chi connectivity index (χ3v) is 3.27. The highest BCUT2D eigenvalue weighted by Gasteiger charge is 2.12. The summed E-state index contributed by atoms with van der Waals surface area (Å²) in [7, 11) is 0. The van der Waals surface area contributed by atoms with E-state index in [2.05, 4.69) is 23.8 Å². The van der Waals surface area contributed by atoms with Crippen molar-refractivity contribution in [1.29, 1.82) is 0 Å². The molecule has 2 N–H and O–H groups in total. The maximum atomic E-state index is 13.1. The number of anilines is 2. The van der Waals surface area contributed by atoms with Crippen LogP contribution in [-0.4, -0.2) is 23.1 Å². The Kier molecular flexibility index (Phi) is 5.22. The third kappa shape index (κ3) is 3.98. The van der Waals surface area contributed by atoms with Gasteiger partial charge in [-0.25, -0.2) is 14.4 Å². The van der Waals surface area contributed by atoms with Crippen LogP contribution in [0, 0.1) is 5.82 Å². The van der Waals surface area contributed by atoms with Gasteiger partial charge in [0.25, 0.3) is 0 Å². The second-order valence-electron chi connectivity index (χ2n) is 5.23. The van der Waals surface area contributed by atoms with E-state index in [4.69, 9.17) is 5.73 Å².